The molecule has 1 heterocycles. The normalized spacial score (nSPS) is 13.9. The van der Waals surface area contributed by atoms with Crippen molar-refractivity contribution in [3.05, 3.63) is 119 Å². The SMILES string of the molecule is NC1=NNN(Cc2ccccc2)C(Cc2ccccc2)=C1Cc1ccccc1. The molecule has 3 N–H and O–H groups in total. The minimum Gasteiger partial charge on any atom is -0.382 e. The summed E-state index contributed by atoms with van der Waals surface area (Å²) in [7, 11) is 0. The van der Waals surface area contributed by atoms with Gasteiger partial charge in [-0.15, -0.1) is 5.10 Å². The third kappa shape index (κ3) is 4.23. The van der Waals surface area contributed by atoms with Gasteiger partial charge in [0.25, 0.3) is 0 Å². The molecule has 0 radical (unpaired) electrons. The van der Waals surface area contributed by atoms with Gasteiger partial charge in [0.05, 0.1) is 6.54 Å². The molecule has 0 aliphatic carbocycles. The smallest absolute Gasteiger partial charge is 0.150 e. The number of rotatable bonds is 6. The molecule has 140 valence electrons. The minimum absolute atomic E-state index is 0.555. The Bertz CT molecular complexity index is 963. The van der Waals surface area contributed by atoms with Crippen LogP contribution in [0.15, 0.2) is 107 Å². The van der Waals surface area contributed by atoms with E-state index in [4.69, 9.17) is 5.73 Å². The second-order valence-corrected chi connectivity index (χ2v) is 6.92. The van der Waals surface area contributed by atoms with Crippen molar-refractivity contribution >= 4 is 5.84 Å². The van der Waals surface area contributed by atoms with Crippen molar-refractivity contribution in [2.45, 2.75) is 19.4 Å². The molecule has 4 rings (SSSR count). The van der Waals surface area contributed by atoms with Gasteiger partial charge < -0.3 is 5.73 Å². The number of hydrogen-bond acceptors (Lipinski definition) is 4. The molecule has 0 amide bonds. The zero-order chi connectivity index (χ0) is 19.2. The van der Waals surface area contributed by atoms with Gasteiger partial charge in [-0.2, -0.15) is 0 Å². The van der Waals surface area contributed by atoms with Gasteiger partial charge >= 0.3 is 0 Å². The number of hydrogen-bond donors (Lipinski definition) is 2. The Morgan fingerprint density at radius 1 is 0.679 bits per heavy atom. The van der Waals surface area contributed by atoms with E-state index in [-0.39, 0.29) is 0 Å². The molecular formula is C24H24N4. The van der Waals surface area contributed by atoms with Crippen molar-refractivity contribution in [3.63, 3.8) is 0 Å². The fourth-order valence-electron chi connectivity index (χ4n) is 3.43. The summed E-state index contributed by atoms with van der Waals surface area (Å²) in [5, 5.41) is 6.50. The third-order valence-electron chi connectivity index (χ3n) is 4.90. The summed E-state index contributed by atoms with van der Waals surface area (Å²) >= 11 is 0. The predicted octanol–water partition coefficient (Wildman–Crippen LogP) is 4.02. The Labute approximate surface area is 166 Å². The molecule has 1 aliphatic rings. The Morgan fingerprint density at radius 3 is 1.75 bits per heavy atom. The second kappa shape index (κ2) is 8.44. The maximum atomic E-state index is 6.33. The van der Waals surface area contributed by atoms with Crippen LogP contribution in [0.1, 0.15) is 16.7 Å². The van der Waals surface area contributed by atoms with Gasteiger partial charge in [0.2, 0.25) is 0 Å². The largest absolute Gasteiger partial charge is 0.382 e. The zero-order valence-corrected chi connectivity index (χ0v) is 15.8. The van der Waals surface area contributed by atoms with Crippen LogP contribution in [0.3, 0.4) is 0 Å². The average Bonchev–Trinajstić information content (AvgIpc) is 2.75. The number of benzene rings is 3. The summed E-state index contributed by atoms with van der Waals surface area (Å²) in [6, 6.07) is 31.3. The first kappa shape index (κ1) is 17.9. The highest BCUT2D eigenvalue weighted by Gasteiger charge is 2.22. The van der Waals surface area contributed by atoms with Crippen LogP contribution >= 0.6 is 0 Å². The number of allylic oxidation sites excluding steroid dienone is 1. The molecule has 0 aromatic heterocycles. The molecule has 1 aliphatic heterocycles. The summed E-state index contributed by atoms with van der Waals surface area (Å²) in [6.45, 7) is 0.720. The summed E-state index contributed by atoms with van der Waals surface area (Å²) in [5.74, 6) is 0.555. The van der Waals surface area contributed by atoms with Crippen LogP contribution in [0.25, 0.3) is 0 Å². The Hall–Kier alpha value is -3.53. The molecule has 0 saturated heterocycles. The van der Waals surface area contributed by atoms with E-state index in [0.717, 1.165) is 30.7 Å². The predicted molar refractivity (Wildman–Crippen MR) is 114 cm³/mol. The maximum Gasteiger partial charge on any atom is 0.150 e. The van der Waals surface area contributed by atoms with Crippen molar-refractivity contribution in [3.8, 4) is 0 Å². The van der Waals surface area contributed by atoms with E-state index in [0.29, 0.717) is 5.84 Å². The zero-order valence-electron chi connectivity index (χ0n) is 15.8. The summed E-state index contributed by atoms with van der Waals surface area (Å²) < 4.78 is 0. The molecule has 28 heavy (non-hydrogen) atoms. The van der Waals surface area contributed by atoms with Crippen molar-refractivity contribution < 1.29 is 0 Å². The van der Waals surface area contributed by atoms with E-state index in [1.807, 2.05) is 18.2 Å². The first-order chi connectivity index (χ1) is 13.8. The number of hydrazone groups is 1. The van der Waals surface area contributed by atoms with E-state index >= 15 is 0 Å². The fourth-order valence-corrected chi connectivity index (χ4v) is 3.43. The number of nitrogens with two attached hydrogens (primary N) is 1. The van der Waals surface area contributed by atoms with E-state index in [1.165, 1.54) is 16.7 Å². The lowest BCUT2D eigenvalue weighted by Gasteiger charge is -2.32. The number of hydrazine groups is 1. The summed E-state index contributed by atoms with van der Waals surface area (Å²) in [5.41, 5.74) is 15.4. The molecule has 4 nitrogen and oxygen atoms in total. The molecule has 0 fully saturated rings. The fraction of sp³-hybridized carbons (Fsp3) is 0.125. The highest BCUT2D eigenvalue weighted by Crippen LogP contribution is 2.23. The second-order valence-electron chi connectivity index (χ2n) is 6.92. The molecule has 0 bridgehead atoms. The average molecular weight is 368 g/mol. The van der Waals surface area contributed by atoms with E-state index in [1.54, 1.807) is 0 Å². The monoisotopic (exact) mass is 368 g/mol. The van der Waals surface area contributed by atoms with Crippen LogP contribution in [0, 0.1) is 0 Å². The highest BCUT2D eigenvalue weighted by atomic mass is 15.7. The van der Waals surface area contributed by atoms with Crippen LogP contribution in [0.2, 0.25) is 0 Å². The van der Waals surface area contributed by atoms with Crippen molar-refractivity contribution in [1.82, 2.24) is 10.5 Å². The summed E-state index contributed by atoms with van der Waals surface area (Å²) in [4.78, 5) is 0. The number of amidine groups is 1. The van der Waals surface area contributed by atoms with Crippen LogP contribution in [-0.4, -0.2) is 10.8 Å². The van der Waals surface area contributed by atoms with Crippen LogP contribution in [0.5, 0.6) is 0 Å². The lowest BCUT2D eigenvalue weighted by Crippen LogP contribution is -2.42. The maximum absolute atomic E-state index is 6.33. The highest BCUT2D eigenvalue weighted by molar-refractivity contribution is 5.98. The topological polar surface area (TPSA) is 53.6 Å². The van der Waals surface area contributed by atoms with Gasteiger partial charge in [-0.25, -0.2) is 5.53 Å². The van der Waals surface area contributed by atoms with E-state index in [2.05, 4.69) is 88.4 Å². The molecule has 3 aromatic carbocycles. The molecule has 0 atom stereocenters. The van der Waals surface area contributed by atoms with E-state index < -0.39 is 0 Å². The van der Waals surface area contributed by atoms with Gasteiger partial charge in [0.15, 0.2) is 5.84 Å². The standard InChI is InChI=1S/C24H24N4/c25-24-22(16-19-10-4-1-5-11-19)23(17-20-12-6-2-7-13-20)28(27-26-24)18-21-14-8-3-9-15-21/h1-15,27H,16-18H2,(H2,25,26). The molecule has 0 spiro atoms. The first-order valence-electron chi connectivity index (χ1n) is 9.50. The third-order valence-corrected chi connectivity index (χ3v) is 4.90. The number of nitrogens with one attached hydrogen (secondary N) is 1. The Balaban J connectivity index is 1.71. The van der Waals surface area contributed by atoms with Gasteiger partial charge in [0.1, 0.15) is 0 Å². The quantitative estimate of drug-likeness (QED) is 0.691. The minimum atomic E-state index is 0.555. The molecule has 4 heteroatoms. The van der Waals surface area contributed by atoms with Crippen LogP contribution in [0.4, 0.5) is 0 Å². The van der Waals surface area contributed by atoms with Crippen molar-refractivity contribution in [1.29, 1.82) is 0 Å². The summed E-state index contributed by atoms with van der Waals surface area (Å²) in [6.07, 6.45) is 1.55. The lowest BCUT2D eigenvalue weighted by molar-refractivity contribution is 0.229. The van der Waals surface area contributed by atoms with E-state index in [9.17, 15) is 0 Å². The van der Waals surface area contributed by atoms with Gasteiger partial charge in [0, 0.05) is 24.1 Å². The molecule has 0 saturated carbocycles. The van der Waals surface area contributed by atoms with Gasteiger partial charge in [-0.1, -0.05) is 91.0 Å². The molecule has 3 aromatic rings. The van der Waals surface area contributed by atoms with Gasteiger partial charge in [-0.05, 0) is 16.7 Å². The Kier molecular flexibility index (Phi) is 5.38. The number of nitrogens with zero attached hydrogens (tertiary/aromatic N) is 2. The Morgan fingerprint density at radius 2 is 1.18 bits per heavy atom. The van der Waals surface area contributed by atoms with Gasteiger partial charge in [-0.3, -0.25) is 5.01 Å². The van der Waals surface area contributed by atoms with Crippen LogP contribution < -0.4 is 11.3 Å². The van der Waals surface area contributed by atoms with Crippen molar-refractivity contribution in [2.24, 2.45) is 10.8 Å². The van der Waals surface area contributed by atoms with Crippen molar-refractivity contribution in [2.75, 3.05) is 0 Å². The molecular weight excluding hydrogens is 344 g/mol. The van der Waals surface area contributed by atoms with Crippen LogP contribution in [-0.2, 0) is 19.4 Å². The molecule has 0 unspecified atom stereocenters. The lowest BCUT2D eigenvalue weighted by atomic mass is 9.97. The first-order valence-corrected chi connectivity index (χ1v) is 9.50.